The van der Waals surface area contributed by atoms with Crippen LogP contribution in [0.15, 0.2) is 60.7 Å². The lowest BCUT2D eigenvalue weighted by Gasteiger charge is -2.33. The van der Waals surface area contributed by atoms with Crippen molar-refractivity contribution in [2.24, 2.45) is 0 Å². The predicted molar refractivity (Wildman–Crippen MR) is 113 cm³/mol. The van der Waals surface area contributed by atoms with E-state index < -0.39 is 0 Å². The molecule has 5 heteroatoms. The summed E-state index contributed by atoms with van der Waals surface area (Å²) in [5.41, 5.74) is 2.30. The molecule has 3 rings (SSSR count). The van der Waals surface area contributed by atoms with Crippen molar-refractivity contribution in [3.05, 3.63) is 71.8 Å². The van der Waals surface area contributed by atoms with Crippen LogP contribution < -0.4 is 10.1 Å². The van der Waals surface area contributed by atoms with Gasteiger partial charge in [-0.2, -0.15) is 0 Å². The average molecular weight is 380 g/mol. The Morgan fingerprint density at radius 3 is 2.36 bits per heavy atom. The molecule has 1 amide bonds. The fraction of sp³-hybridized carbons (Fsp3) is 0.348. The molecule has 2 aromatic carbocycles. The maximum absolute atomic E-state index is 12.2. The second-order valence-corrected chi connectivity index (χ2v) is 7.01. The summed E-state index contributed by atoms with van der Waals surface area (Å²) in [4.78, 5) is 16.9. The van der Waals surface area contributed by atoms with Crippen molar-refractivity contribution in [3.8, 4) is 5.75 Å². The van der Waals surface area contributed by atoms with E-state index in [1.807, 2.05) is 30.3 Å². The lowest BCUT2D eigenvalue weighted by Crippen LogP contribution is -2.49. The SMILES string of the molecule is COc1ccc(CNC(=O)CN2CCN(CC=Cc3ccccc3)CC2)cc1. The molecule has 0 aromatic heterocycles. The summed E-state index contributed by atoms with van der Waals surface area (Å²) in [5.74, 6) is 0.903. The fourth-order valence-corrected chi connectivity index (χ4v) is 3.24. The third-order valence-electron chi connectivity index (χ3n) is 4.95. The van der Waals surface area contributed by atoms with E-state index in [1.165, 1.54) is 5.56 Å². The lowest BCUT2D eigenvalue weighted by atomic mass is 10.2. The molecule has 1 aliphatic heterocycles. The third-order valence-corrected chi connectivity index (χ3v) is 4.95. The van der Waals surface area contributed by atoms with Crippen LogP contribution in [0.4, 0.5) is 0 Å². The Bertz CT molecular complexity index is 751. The molecule has 1 fully saturated rings. The number of amides is 1. The smallest absolute Gasteiger partial charge is 0.234 e. The zero-order valence-electron chi connectivity index (χ0n) is 16.5. The standard InChI is InChI=1S/C23H29N3O2/c1-28-22-11-9-21(10-12-22)18-24-23(27)19-26-16-14-25(15-17-26)13-5-8-20-6-3-2-4-7-20/h2-12H,13-19H2,1H3,(H,24,27). The van der Waals surface area contributed by atoms with Gasteiger partial charge in [0, 0.05) is 39.3 Å². The Hall–Kier alpha value is -2.63. The molecule has 1 N–H and O–H groups in total. The summed E-state index contributed by atoms with van der Waals surface area (Å²) in [6.45, 7) is 5.80. The molecule has 1 saturated heterocycles. The van der Waals surface area contributed by atoms with Gasteiger partial charge in [-0.15, -0.1) is 0 Å². The largest absolute Gasteiger partial charge is 0.497 e. The number of carbonyl (C=O) groups excluding carboxylic acids is 1. The molecule has 0 radical (unpaired) electrons. The van der Waals surface area contributed by atoms with Crippen LogP contribution in [0.3, 0.4) is 0 Å². The molecule has 148 valence electrons. The second kappa shape index (κ2) is 10.6. The third kappa shape index (κ3) is 6.51. The quantitative estimate of drug-likeness (QED) is 0.766. The van der Waals surface area contributed by atoms with Crippen LogP contribution in [-0.2, 0) is 11.3 Å². The summed E-state index contributed by atoms with van der Waals surface area (Å²) in [6, 6.07) is 18.1. The number of hydrogen-bond acceptors (Lipinski definition) is 4. The number of nitrogens with one attached hydrogen (secondary N) is 1. The summed E-state index contributed by atoms with van der Waals surface area (Å²) < 4.78 is 5.15. The summed E-state index contributed by atoms with van der Waals surface area (Å²) >= 11 is 0. The van der Waals surface area contributed by atoms with Crippen LogP contribution in [0.2, 0.25) is 0 Å². The Balaban J connectivity index is 1.33. The summed E-state index contributed by atoms with van der Waals surface area (Å²) in [5, 5.41) is 3.00. The first-order valence-electron chi connectivity index (χ1n) is 9.79. The van der Waals surface area contributed by atoms with Crippen LogP contribution in [0.25, 0.3) is 6.08 Å². The summed E-state index contributed by atoms with van der Waals surface area (Å²) in [7, 11) is 1.65. The van der Waals surface area contributed by atoms with Gasteiger partial charge in [-0.1, -0.05) is 54.6 Å². The van der Waals surface area contributed by atoms with Gasteiger partial charge in [-0.05, 0) is 23.3 Å². The minimum absolute atomic E-state index is 0.0771. The highest BCUT2D eigenvalue weighted by Crippen LogP contribution is 2.11. The Kier molecular flexibility index (Phi) is 7.64. The predicted octanol–water partition coefficient (Wildman–Crippen LogP) is 2.64. The maximum Gasteiger partial charge on any atom is 0.234 e. The zero-order valence-corrected chi connectivity index (χ0v) is 16.5. The highest BCUT2D eigenvalue weighted by Gasteiger charge is 2.17. The van der Waals surface area contributed by atoms with Crippen LogP contribution in [0.5, 0.6) is 5.75 Å². The van der Waals surface area contributed by atoms with Crippen molar-refractivity contribution in [1.29, 1.82) is 0 Å². The van der Waals surface area contributed by atoms with Gasteiger partial charge in [-0.25, -0.2) is 0 Å². The topological polar surface area (TPSA) is 44.8 Å². The van der Waals surface area contributed by atoms with Gasteiger partial charge < -0.3 is 10.1 Å². The first-order chi connectivity index (χ1) is 13.7. The van der Waals surface area contributed by atoms with Crippen molar-refractivity contribution in [2.45, 2.75) is 6.54 Å². The number of piperazine rings is 1. The van der Waals surface area contributed by atoms with Crippen molar-refractivity contribution in [1.82, 2.24) is 15.1 Å². The molecule has 1 heterocycles. The van der Waals surface area contributed by atoms with E-state index in [0.29, 0.717) is 13.1 Å². The minimum Gasteiger partial charge on any atom is -0.497 e. The number of carbonyl (C=O) groups is 1. The molecule has 5 nitrogen and oxygen atoms in total. The van der Waals surface area contributed by atoms with Gasteiger partial charge in [0.25, 0.3) is 0 Å². The average Bonchev–Trinajstić information content (AvgIpc) is 2.75. The molecular formula is C23H29N3O2. The molecule has 0 atom stereocenters. The van der Waals surface area contributed by atoms with Gasteiger partial charge in [0.1, 0.15) is 5.75 Å². The normalized spacial score (nSPS) is 15.6. The molecular weight excluding hydrogens is 350 g/mol. The molecule has 0 saturated carbocycles. The van der Waals surface area contributed by atoms with Crippen molar-refractivity contribution in [2.75, 3.05) is 46.4 Å². The van der Waals surface area contributed by atoms with Gasteiger partial charge >= 0.3 is 0 Å². The number of hydrogen-bond donors (Lipinski definition) is 1. The minimum atomic E-state index is 0.0771. The lowest BCUT2D eigenvalue weighted by molar-refractivity contribution is -0.122. The van der Waals surface area contributed by atoms with Crippen molar-refractivity contribution >= 4 is 12.0 Å². The van der Waals surface area contributed by atoms with Crippen LogP contribution in [0, 0.1) is 0 Å². The van der Waals surface area contributed by atoms with Gasteiger partial charge in [0.15, 0.2) is 0 Å². The first kappa shape index (κ1) is 20.1. The molecule has 28 heavy (non-hydrogen) atoms. The number of ether oxygens (including phenoxy) is 1. The van der Waals surface area contributed by atoms with Gasteiger partial charge in [-0.3, -0.25) is 14.6 Å². The Labute approximate surface area is 167 Å². The second-order valence-electron chi connectivity index (χ2n) is 7.01. The Morgan fingerprint density at radius 2 is 1.68 bits per heavy atom. The number of benzene rings is 2. The van der Waals surface area contributed by atoms with Crippen molar-refractivity contribution < 1.29 is 9.53 Å². The summed E-state index contributed by atoms with van der Waals surface area (Å²) in [6.07, 6.45) is 4.38. The van der Waals surface area contributed by atoms with Crippen LogP contribution in [0.1, 0.15) is 11.1 Å². The van der Waals surface area contributed by atoms with Gasteiger partial charge in [0.05, 0.1) is 13.7 Å². The van der Waals surface area contributed by atoms with Crippen LogP contribution in [-0.4, -0.2) is 62.1 Å². The van der Waals surface area contributed by atoms with Crippen LogP contribution >= 0.6 is 0 Å². The Morgan fingerprint density at radius 1 is 1.00 bits per heavy atom. The maximum atomic E-state index is 12.2. The molecule has 0 unspecified atom stereocenters. The molecule has 0 aliphatic carbocycles. The van der Waals surface area contributed by atoms with E-state index in [9.17, 15) is 4.79 Å². The van der Waals surface area contributed by atoms with E-state index >= 15 is 0 Å². The first-order valence-corrected chi connectivity index (χ1v) is 9.79. The van der Waals surface area contributed by atoms with E-state index in [4.69, 9.17) is 4.74 Å². The van der Waals surface area contributed by atoms with Gasteiger partial charge in [0.2, 0.25) is 5.91 Å². The fourth-order valence-electron chi connectivity index (χ4n) is 3.24. The molecule has 2 aromatic rings. The number of rotatable bonds is 8. The van der Waals surface area contributed by atoms with E-state index in [2.05, 4.69) is 51.5 Å². The highest BCUT2D eigenvalue weighted by molar-refractivity contribution is 5.78. The number of methoxy groups -OCH3 is 1. The number of nitrogens with zero attached hydrogens (tertiary/aromatic N) is 2. The monoisotopic (exact) mass is 379 g/mol. The zero-order chi connectivity index (χ0) is 19.6. The van der Waals surface area contributed by atoms with Crippen molar-refractivity contribution in [3.63, 3.8) is 0 Å². The molecule has 1 aliphatic rings. The highest BCUT2D eigenvalue weighted by atomic mass is 16.5. The molecule has 0 spiro atoms. The van der Waals surface area contributed by atoms with E-state index in [-0.39, 0.29) is 5.91 Å². The molecule has 0 bridgehead atoms. The van der Waals surface area contributed by atoms with E-state index in [0.717, 1.165) is 44.0 Å². The van der Waals surface area contributed by atoms with E-state index in [1.54, 1.807) is 7.11 Å².